The van der Waals surface area contributed by atoms with Crippen molar-refractivity contribution in [2.75, 3.05) is 25.0 Å². The van der Waals surface area contributed by atoms with Gasteiger partial charge in [0.1, 0.15) is 0 Å². The van der Waals surface area contributed by atoms with E-state index < -0.39 is 0 Å². The lowest BCUT2D eigenvalue weighted by Crippen LogP contribution is -2.32. The summed E-state index contributed by atoms with van der Waals surface area (Å²) in [5.41, 5.74) is 0.989. The van der Waals surface area contributed by atoms with Crippen molar-refractivity contribution in [3.05, 3.63) is 10.6 Å². The molecule has 0 fully saturated rings. The molecule has 0 saturated heterocycles. The van der Waals surface area contributed by atoms with E-state index in [2.05, 4.69) is 29.0 Å². The zero-order valence-corrected chi connectivity index (χ0v) is 11.1. The summed E-state index contributed by atoms with van der Waals surface area (Å²) < 4.78 is 0. The number of carbonyl (C=O) groups excluding carboxylic acids is 1. The van der Waals surface area contributed by atoms with Crippen LogP contribution in [-0.4, -0.2) is 35.4 Å². The number of hydrogen-bond donors (Lipinski definition) is 1. The van der Waals surface area contributed by atoms with Gasteiger partial charge >= 0.3 is 0 Å². The third-order valence-electron chi connectivity index (χ3n) is 2.54. The molecule has 1 rings (SSSR count). The minimum Gasteiger partial charge on any atom is -0.301 e. The first-order valence-corrected chi connectivity index (χ1v) is 6.34. The van der Waals surface area contributed by atoms with Crippen molar-refractivity contribution in [2.45, 2.75) is 27.7 Å². The predicted molar refractivity (Wildman–Crippen MR) is 68.0 cm³/mol. The molecule has 0 bridgehead atoms. The molecule has 0 aromatic carbocycles. The number of rotatable bonds is 5. The molecule has 0 aliphatic carbocycles. The average molecular weight is 241 g/mol. The van der Waals surface area contributed by atoms with Crippen molar-refractivity contribution in [1.29, 1.82) is 0 Å². The first-order valence-electron chi connectivity index (χ1n) is 5.53. The van der Waals surface area contributed by atoms with Crippen LogP contribution < -0.4 is 5.32 Å². The fraction of sp³-hybridized carbons (Fsp3) is 0.636. The fourth-order valence-corrected chi connectivity index (χ4v) is 2.17. The predicted octanol–water partition coefficient (Wildman–Crippen LogP) is 2.04. The SMILES string of the molecule is CCN(CC)CC(=O)Nc1nc(C)c(C)s1. The summed E-state index contributed by atoms with van der Waals surface area (Å²) in [6.45, 7) is 10.3. The highest BCUT2D eigenvalue weighted by molar-refractivity contribution is 7.15. The van der Waals surface area contributed by atoms with Crippen LogP contribution in [0.25, 0.3) is 0 Å². The zero-order chi connectivity index (χ0) is 12.1. The zero-order valence-electron chi connectivity index (χ0n) is 10.3. The Bertz CT molecular complexity index is 339. The van der Waals surface area contributed by atoms with Crippen LogP contribution in [-0.2, 0) is 4.79 Å². The molecule has 5 heteroatoms. The Hall–Kier alpha value is -0.940. The second-order valence-electron chi connectivity index (χ2n) is 3.67. The maximum atomic E-state index is 11.7. The second kappa shape index (κ2) is 5.96. The summed E-state index contributed by atoms with van der Waals surface area (Å²) in [6, 6.07) is 0. The number of thiazole rings is 1. The van der Waals surface area contributed by atoms with Crippen molar-refractivity contribution >= 4 is 22.4 Å². The lowest BCUT2D eigenvalue weighted by Gasteiger charge is -2.16. The molecule has 0 spiro atoms. The van der Waals surface area contributed by atoms with Crippen LogP contribution in [0.15, 0.2) is 0 Å². The highest BCUT2D eigenvalue weighted by Gasteiger charge is 2.10. The van der Waals surface area contributed by atoms with E-state index in [4.69, 9.17) is 0 Å². The van der Waals surface area contributed by atoms with Crippen molar-refractivity contribution in [1.82, 2.24) is 9.88 Å². The Labute approximate surface area is 101 Å². The Morgan fingerprint density at radius 1 is 1.38 bits per heavy atom. The Morgan fingerprint density at radius 3 is 2.44 bits per heavy atom. The first kappa shape index (κ1) is 13.1. The number of carbonyl (C=O) groups is 1. The minimum atomic E-state index is 0.0115. The summed E-state index contributed by atoms with van der Waals surface area (Å²) >= 11 is 1.52. The number of hydrogen-bond acceptors (Lipinski definition) is 4. The van der Waals surface area contributed by atoms with E-state index in [1.165, 1.54) is 11.3 Å². The molecule has 4 nitrogen and oxygen atoms in total. The Kier molecular flexibility index (Phi) is 4.89. The van der Waals surface area contributed by atoms with E-state index in [1.54, 1.807) is 0 Å². The van der Waals surface area contributed by atoms with E-state index >= 15 is 0 Å². The van der Waals surface area contributed by atoms with Crippen LogP contribution in [0.3, 0.4) is 0 Å². The van der Waals surface area contributed by atoms with Crippen LogP contribution in [0.2, 0.25) is 0 Å². The van der Waals surface area contributed by atoms with E-state index in [0.29, 0.717) is 11.7 Å². The van der Waals surface area contributed by atoms with Crippen molar-refractivity contribution in [3.8, 4) is 0 Å². The molecule has 0 aliphatic heterocycles. The quantitative estimate of drug-likeness (QED) is 0.858. The summed E-state index contributed by atoms with van der Waals surface area (Å²) in [7, 11) is 0. The van der Waals surface area contributed by atoms with Crippen LogP contribution in [0.4, 0.5) is 5.13 Å². The second-order valence-corrected chi connectivity index (χ2v) is 4.87. The molecule has 1 N–H and O–H groups in total. The Morgan fingerprint density at radius 2 is 2.00 bits per heavy atom. The fourth-order valence-electron chi connectivity index (χ4n) is 1.34. The number of amides is 1. The van der Waals surface area contributed by atoms with Gasteiger partial charge in [-0.15, -0.1) is 11.3 Å². The molecule has 0 aliphatic rings. The van der Waals surface area contributed by atoms with Crippen molar-refractivity contribution < 1.29 is 4.79 Å². The van der Waals surface area contributed by atoms with Gasteiger partial charge in [-0.05, 0) is 26.9 Å². The normalized spacial score (nSPS) is 10.8. The number of nitrogens with one attached hydrogen (secondary N) is 1. The largest absolute Gasteiger partial charge is 0.301 e. The van der Waals surface area contributed by atoms with Gasteiger partial charge in [0.15, 0.2) is 5.13 Å². The maximum Gasteiger partial charge on any atom is 0.240 e. The lowest BCUT2D eigenvalue weighted by atomic mass is 10.4. The van der Waals surface area contributed by atoms with Crippen LogP contribution >= 0.6 is 11.3 Å². The third kappa shape index (κ3) is 3.57. The molecule has 1 heterocycles. The maximum absolute atomic E-state index is 11.7. The van der Waals surface area contributed by atoms with Gasteiger partial charge in [0.05, 0.1) is 12.2 Å². The molecule has 0 radical (unpaired) electrons. The Balaban J connectivity index is 2.51. The number of aryl methyl sites for hydroxylation is 2. The van der Waals surface area contributed by atoms with E-state index in [1.807, 2.05) is 13.8 Å². The van der Waals surface area contributed by atoms with Gasteiger partial charge in [0.25, 0.3) is 0 Å². The summed E-state index contributed by atoms with van der Waals surface area (Å²) in [5, 5.41) is 3.53. The molecular formula is C11H19N3OS. The molecule has 1 amide bonds. The molecule has 0 atom stereocenters. The summed E-state index contributed by atoms with van der Waals surface area (Å²) in [4.78, 5) is 19.2. The molecular weight excluding hydrogens is 222 g/mol. The monoisotopic (exact) mass is 241 g/mol. The van der Waals surface area contributed by atoms with Gasteiger partial charge in [-0.25, -0.2) is 4.98 Å². The topological polar surface area (TPSA) is 45.2 Å². The van der Waals surface area contributed by atoms with Crippen LogP contribution in [0.5, 0.6) is 0 Å². The minimum absolute atomic E-state index is 0.0115. The standard InChI is InChI=1S/C11H19N3OS/c1-5-14(6-2)7-10(15)13-11-12-8(3)9(4)16-11/h5-7H2,1-4H3,(H,12,13,15). The van der Waals surface area contributed by atoms with E-state index in [-0.39, 0.29) is 5.91 Å². The van der Waals surface area contributed by atoms with Gasteiger partial charge < -0.3 is 5.32 Å². The summed E-state index contributed by atoms with van der Waals surface area (Å²) in [5.74, 6) is 0.0115. The van der Waals surface area contributed by atoms with Crippen molar-refractivity contribution in [3.63, 3.8) is 0 Å². The highest BCUT2D eigenvalue weighted by Crippen LogP contribution is 2.20. The smallest absolute Gasteiger partial charge is 0.240 e. The first-order chi connectivity index (χ1) is 7.56. The number of aromatic nitrogens is 1. The lowest BCUT2D eigenvalue weighted by molar-refractivity contribution is -0.117. The van der Waals surface area contributed by atoms with Crippen LogP contribution in [0.1, 0.15) is 24.4 Å². The van der Waals surface area contributed by atoms with Gasteiger partial charge in [-0.3, -0.25) is 9.69 Å². The van der Waals surface area contributed by atoms with Gasteiger partial charge in [0, 0.05) is 4.88 Å². The highest BCUT2D eigenvalue weighted by atomic mass is 32.1. The van der Waals surface area contributed by atoms with E-state index in [9.17, 15) is 4.79 Å². The molecule has 0 saturated carbocycles. The van der Waals surface area contributed by atoms with Crippen LogP contribution in [0, 0.1) is 13.8 Å². The molecule has 90 valence electrons. The van der Waals surface area contributed by atoms with Gasteiger partial charge in [0.2, 0.25) is 5.91 Å². The average Bonchev–Trinajstić information content (AvgIpc) is 2.54. The van der Waals surface area contributed by atoms with E-state index in [0.717, 1.165) is 23.7 Å². The molecule has 16 heavy (non-hydrogen) atoms. The van der Waals surface area contributed by atoms with Crippen molar-refractivity contribution in [2.24, 2.45) is 0 Å². The van der Waals surface area contributed by atoms with Gasteiger partial charge in [-0.2, -0.15) is 0 Å². The number of anilines is 1. The number of nitrogens with zero attached hydrogens (tertiary/aromatic N) is 2. The third-order valence-corrected chi connectivity index (χ3v) is 3.52. The molecule has 0 unspecified atom stereocenters. The molecule has 1 aromatic rings. The molecule has 1 aromatic heterocycles. The summed E-state index contributed by atoms with van der Waals surface area (Å²) in [6.07, 6.45) is 0. The van der Waals surface area contributed by atoms with Gasteiger partial charge in [-0.1, -0.05) is 13.8 Å². The number of likely N-dealkylation sites (N-methyl/N-ethyl adjacent to an activating group) is 1.